The predicted molar refractivity (Wildman–Crippen MR) is 121 cm³/mol. The Morgan fingerprint density at radius 2 is 1.32 bits per heavy atom. The lowest BCUT2D eigenvalue weighted by molar-refractivity contribution is 0.697. The Kier molecular flexibility index (Phi) is 5.38. The SMILES string of the molecule is Cc1ccc(-c2nn(Cc3ccc(Cl)cc3)c(-c3ccc(C)cc3)c2Br)cc1. The second-order valence-electron chi connectivity index (χ2n) is 7.03. The highest BCUT2D eigenvalue weighted by Gasteiger charge is 2.19. The molecule has 0 amide bonds. The molecule has 0 radical (unpaired) electrons. The van der Waals surface area contributed by atoms with Crippen molar-refractivity contribution in [1.82, 2.24) is 9.78 Å². The van der Waals surface area contributed by atoms with Gasteiger partial charge in [0.25, 0.3) is 0 Å². The van der Waals surface area contributed by atoms with Gasteiger partial charge in [-0.15, -0.1) is 0 Å². The number of hydrogen-bond acceptors (Lipinski definition) is 1. The first-order valence-electron chi connectivity index (χ1n) is 9.16. The van der Waals surface area contributed by atoms with Crippen LogP contribution in [0.3, 0.4) is 0 Å². The van der Waals surface area contributed by atoms with Crippen LogP contribution in [0.15, 0.2) is 77.3 Å². The average molecular weight is 452 g/mol. The molecule has 0 atom stereocenters. The number of aryl methyl sites for hydroxylation is 2. The van der Waals surface area contributed by atoms with E-state index in [0.29, 0.717) is 6.54 Å². The van der Waals surface area contributed by atoms with E-state index < -0.39 is 0 Å². The van der Waals surface area contributed by atoms with Crippen molar-refractivity contribution in [1.29, 1.82) is 0 Å². The first-order valence-corrected chi connectivity index (χ1v) is 10.3. The first-order chi connectivity index (χ1) is 13.5. The van der Waals surface area contributed by atoms with Crippen LogP contribution < -0.4 is 0 Å². The molecule has 2 nitrogen and oxygen atoms in total. The standard InChI is InChI=1S/C24H20BrClN2/c1-16-3-9-19(10-4-16)23-22(25)24(20-11-5-17(2)6-12-20)28(27-23)15-18-7-13-21(26)14-8-18/h3-14H,15H2,1-2H3. The van der Waals surface area contributed by atoms with Crippen LogP contribution in [0.25, 0.3) is 22.5 Å². The van der Waals surface area contributed by atoms with Crippen LogP contribution in [0.1, 0.15) is 16.7 Å². The molecule has 3 aromatic carbocycles. The minimum atomic E-state index is 0.671. The van der Waals surface area contributed by atoms with Gasteiger partial charge in [0.1, 0.15) is 5.69 Å². The molecule has 0 unspecified atom stereocenters. The second-order valence-corrected chi connectivity index (χ2v) is 8.26. The third-order valence-corrected chi connectivity index (χ3v) is 5.79. The van der Waals surface area contributed by atoms with Gasteiger partial charge in [0.05, 0.1) is 16.7 Å². The van der Waals surface area contributed by atoms with Crippen molar-refractivity contribution in [2.45, 2.75) is 20.4 Å². The summed E-state index contributed by atoms with van der Waals surface area (Å²) in [5.41, 5.74) is 7.89. The van der Waals surface area contributed by atoms with Gasteiger partial charge in [0.15, 0.2) is 0 Å². The van der Waals surface area contributed by atoms with Crippen LogP contribution in [0.5, 0.6) is 0 Å². The maximum atomic E-state index is 6.05. The summed E-state index contributed by atoms with van der Waals surface area (Å²) in [5, 5.41) is 5.70. The van der Waals surface area contributed by atoms with E-state index in [1.807, 2.05) is 24.3 Å². The number of benzene rings is 3. The molecule has 0 saturated heterocycles. The molecule has 0 saturated carbocycles. The third kappa shape index (κ3) is 3.91. The lowest BCUT2D eigenvalue weighted by atomic mass is 10.1. The summed E-state index contributed by atoms with van der Waals surface area (Å²) >= 11 is 9.88. The van der Waals surface area contributed by atoms with Gasteiger partial charge < -0.3 is 0 Å². The van der Waals surface area contributed by atoms with Gasteiger partial charge in [0, 0.05) is 16.1 Å². The van der Waals surface area contributed by atoms with E-state index in [1.54, 1.807) is 0 Å². The molecule has 140 valence electrons. The molecule has 1 heterocycles. The smallest absolute Gasteiger partial charge is 0.107 e. The molecule has 1 aromatic heterocycles. The fourth-order valence-electron chi connectivity index (χ4n) is 3.20. The Hall–Kier alpha value is -2.36. The zero-order chi connectivity index (χ0) is 19.7. The summed E-state index contributed by atoms with van der Waals surface area (Å²) in [6.45, 7) is 4.86. The van der Waals surface area contributed by atoms with Crippen LogP contribution in [-0.4, -0.2) is 9.78 Å². The lowest BCUT2D eigenvalue weighted by Crippen LogP contribution is -2.04. The molecule has 0 aliphatic carbocycles. The van der Waals surface area contributed by atoms with E-state index in [4.69, 9.17) is 16.7 Å². The summed E-state index contributed by atoms with van der Waals surface area (Å²) in [6.07, 6.45) is 0. The molecule has 0 N–H and O–H groups in total. The molecule has 0 aliphatic heterocycles. The highest BCUT2D eigenvalue weighted by molar-refractivity contribution is 9.10. The van der Waals surface area contributed by atoms with Crippen LogP contribution in [0.2, 0.25) is 5.02 Å². The minimum Gasteiger partial charge on any atom is -0.259 e. The summed E-state index contributed by atoms with van der Waals surface area (Å²) in [5.74, 6) is 0. The predicted octanol–water partition coefficient (Wildman–Crippen LogP) is 7.30. The van der Waals surface area contributed by atoms with Crippen molar-refractivity contribution in [3.63, 3.8) is 0 Å². The Balaban J connectivity index is 1.84. The van der Waals surface area contributed by atoms with Gasteiger partial charge in [-0.25, -0.2) is 0 Å². The lowest BCUT2D eigenvalue weighted by Gasteiger charge is -2.09. The Labute approximate surface area is 178 Å². The van der Waals surface area contributed by atoms with Crippen LogP contribution >= 0.6 is 27.5 Å². The van der Waals surface area contributed by atoms with E-state index >= 15 is 0 Å². The minimum absolute atomic E-state index is 0.671. The average Bonchev–Trinajstić information content (AvgIpc) is 3.01. The van der Waals surface area contributed by atoms with Crippen molar-refractivity contribution < 1.29 is 0 Å². The fraction of sp³-hybridized carbons (Fsp3) is 0.125. The van der Waals surface area contributed by atoms with Gasteiger partial charge in [-0.2, -0.15) is 5.10 Å². The molecular weight excluding hydrogens is 432 g/mol. The number of aromatic nitrogens is 2. The highest BCUT2D eigenvalue weighted by Crippen LogP contribution is 2.37. The van der Waals surface area contributed by atoms with Crippen molar-refractivity contribution in [2.75, 3.05) is 0 Å². The topological polar surface area (TPSA) is 17.8 Å². The van der Waals surface area contributed by atoms with Crippen molar-refractivity contribution >= 4 is 27.5 Å². The molecule has 4 rings (SSSR count). The molecule has 4 heteroatoms. The number of hydrogen-bond donors (Lipinski definition) is 0. The van der Waals surface area contributed by atoms with Crippen molar-refractivity contribution in [3.05, 3.63) is 99.0 Å². The summed E-state index contributed by atoms with van der Waals surface area (Å²) < 4.78 is 3.07. The van der Waals surface area contributed by atoms with E-state index in [-0.39, 0.29) is 0 Å². The number of halogens is 2. The molecule has 4 aromatic rings. The molecule has 28 heavy (non-hydrogen) atoms. The Morgan fingerprint density at radius 1 is 0.786 bits per heavy atom. The fourth-order valence-corrected chi connectivity index (χ4v) is 4.07. The van der Waals surface area contributed by atoms with Crippen LogP contribution in [0, 0.1) is 13.8 Å². The highest BCUT2D eigenvalue weighted by atomic mass is 79.9. The van der Waals surface area contributed by atoms with E-state index in [0.717, 1.165) is 37.6 Å². The van der Waals surface area contributed by atoms with Gasteiger partial charge in [-0.1, -0.05) is 83.4 Å². The van der Waals surface area contributed by atoms with Crippen molar-refractivity contribution in [3.8, 4) is 22.5 Å². The zero-order valence-corrected chi connectivity index (χ0v) is 18.1. The summed E-state index contributed by atoms with van der Waals surface area (Å²) in [7, 11) is 0. The number of rotatable bonds is 4. The molecule has 0 fully saturated rings. The van der Waals surface area contributed by atoms with E-state index in [1.165, 1.54) is 11.1 Å². The maximum Gasteiger partial charge on any atom is 0.107 e. The van der Waals surface area contributed by atoms with Gasteiger partial charge in [-0.05, 0) is 47.5 Å². The van der Waals surface area contributed by atoms with E-state index in [9.17, 15) is 0 Å². The quantitative estimate of drug-likeness (QED) is 0.318. The largest absolute Gasteiger partial charge is 0.259 e. The normalized spacial score (nSPS) is 11.0. The second kappa shape index (κ2) is 7.94. The maximum absolute atomic E-state index is 6.05. The zero-order valence-electron chi connectivity index (χ0n) is 15.8. The van der Waals surface area contributed by atoms with Gasteiger partial charge in [-0.3, -0.25) is 4.68 Å². The van der Waals surface area contributed by atoms with E-state index in [2.05, 4.69) is 83.0 Å². The third-order valence-electron chi connectivity index (χ3n) is 4.79. The Bertz CT molecular complexity index is 1100. The van der Waals surface area contributed by atoms with Gasteiger partial charge >= 0.3 is 0 Å². The molecule has 0 aliphatic rings. The molecule has 0 bridgehead atoms. The van der Waals surface area contributed by atoms with Gasteiger partial charge in [0.2, 0.25) is 0 Å². The molecular formula is C24H20BrClN2. The van der Waals surface area contributed by atoms with Crippen LogP contribution in [-0.2, 0) is 6.54 Å². The summed E-state index contributed by atoms with van der Waals surface area (Å²) in [6, 6.07) is 25.0. The Morgan fingerprint density at radius 3 is 1.89 bits per heavy atom. The van der Waals surface area contributed by atoms with Crippen molar-refractivity contribution in [2.24, 2.45) is 0 Å². The van der Waals surface area contributed by atoms with Crippen LogP contribution in [0.4, 0.5) is 0 Å². The molecule has 0 spiro atoms. The number of nitrogens with zero attached hydrogens (tertiary/aromatic N) is 2. The summed E-state index contributed by atoms with van der Waals surface area (Å²) in [4.78, 5) is 0. The first kappa shape index (κ1) is 19.0. The monoisotopic (exact) mass is 450 g/mol.